The van der Waals surface area contributed by atoms with Gasteiger partial charge in [-0.25, -0.2) is 0 Å². The summed E-state index contributed by atoms with van der Waals surface area (Å²) in [6.07, 6.45) is 3.53. The summed E-state index contributed by atoms with van der Waals surface area (Å²) < 4.78 is 0. The van der Waals surface area contributed by atoms with Crippen LogP contribution in [0, 0.1) is 0 Å². The van der Waals surface area contributed by atoms with E-state index in [4.69, 9.17) is 0 Å². The standard InChI is InChI=1S/C16H22N2O2/c1-2-9-16(20)10-18(11-16)14-8-7-12-5-3-4-6-13(12)17-15(14)19/h3-6,14,20H,2,7-11H2,1H3,(H,17,19). The number of aliphatic hydroxyl groups is 1. The van der Waals surface area contributed by atoms with Gasteiger partial charge in [0.05, 0.1) is 11.6 Å². The van der Waals surface area contributed by atoms with Crippen LogP contribution in [0.15, 0.2) is 24.3 Å². The number of fused-ring (bicyclic) bond motifs is 1. The molecule has 0 bridgehead atoms. The van der Waals surface area contributed by atoms with Crippen molar-refractivity contribution >= 4 is 11.6 Å². The van der Waals surface area contributed by atoms with Crippen molar-refractivity contribution in [1.29, 1.82) is 0 Å². The maximum atomic E-state index is 12.3. The third kappa shape index (κ3) is 2.45. The molecule has 0 radical (unpaired) electrons. The Kier molecular flexibility index (Phi) is 3.52. The van der Waals surface area contributed by atoms with Crippen molar-refractivity contribution in [2.75, 3.05) is 18.4 Å². The van der Waals surface area contributed by atoms with Gasteiger partial charge in [-0.2, -0.15) is 0 Å². The first kappa shape index (κ1) is 13.6. The van der Waals surface area contributed by atoms with Gasteiger partial charge in [0.1, 0.15) is 0 Å². The smallest absolute Gasteiger partial charge is 0.241 e. The van der Waals surface area contributed by atoms with Crippen LogP contribution in [0.25, 0.3) is 0 Å². The van der Waals surface area contributed by atoms with Crippen LogP contribution >= 0.6 is 0 Å². The summed E-state index contributed by atoms with van der Waals surface area (Å²) in [5.74, 6) is 0.0634. The number of carbonyl (C=O) groups is 1. The fourth-order valence-electron chi connectivity index (χ4n) is 3.40. The van der Waals surface area contributed by atoms with Crippen molar-refractivity contribution in [3.63, 3.8) is 0 Å². The molecule has 2 aliphatic heterocycles. The molecule has 4 nitrogen and oxygen atoms in total. The SMILES string of the molecule is CCCC1(O)CN(C2CCc3ccccc3NC2=O)C1. The summed E-state index contributed by atoms with van der Waals surface area (Å²) in [5, 5.41) is 13.3. The highest BCUT2D eigenvalue weighted by Crippen LogP contribution is 2.31. The average Bonchev–Trinajstić information content (AvgIpc) is 2.54. The van der Waals surface area contributed by atoms with Crippen LogP contribution in [-0.4, -0.2) is 40.6 Å². The zero-order valence-electron chi connectivity index (χ0n) is 11.9. The largest absolute Gasteiger partial charge is 0.387 e. The van der Waals surface area contributed by atoms with Gasteiger partial charge in [-0.3, -0.25) is 9.69 Å². The van der Waals surface area contributed by atoms with Crippen molar-refractivity contribution < 1.29 is 9.90 Å². The predicted octanol–water partition coefficient (Wildman–Crippen LogP) is 1.79. The van der Waals surface area contributed by atoms with E-state index in [-0.39, 0.29) is 11.9 Å². The average molecular weight is 274 g/mol. The monoisotopic (exact) mass is 274 g/mol. The maximum Gasteiger partial charge on any atom is 0.241 e. The summed E-state index contributed by atoms with van der Waals surface area (Å²) in [5.41, 5.74) is 1.56. The van der Waals surface area contributed by atoms with Gasteiger partial charge in [0.2, 0.25) is 5.91 Å². The molecule has 0 aromatic heterocycles. The van der Waals surface area contributed by atoms with Crippen LogP contribution in [-0.2, 0) is 11.2 Å². The van der Waals surface area contributed by atoms with Crippen LogP contribution in [0.5, 0.6) is 0 Å². The number of benzene rings is 1. The summed E-state index contributed by atoms with van der Waals surface area (Å²) in [7, 11) is 0. The van der Waals surface area contributed by atoms with Crippen molar-refractivity contribution in [3.8, 4) is 0 Å². The zero-order valence-corrected chi connectivity index (χ0v) is 11.9. The number of hydrogen-bond donors (Lipinski definition) is 2. The molecule has 1 fully saturated rings. The lowest BCUT2D eigenvalue weighted by molar-refractivity contribution is -0.141. The number of anilines is 1. The number of para-hydroxylation sites is 1. The molecule has 2 N–H and O–H groups in total. The minimum atomic E-state index is -0.575. The van der Waals surface area contributed by atoms with Gasteiger partial charge in [-0.15, -0.1) is 0 Å². The molecule has 2 aliphatic rings. The van der Waals surface area contributed by atoms with E-state index in [1.54, 1.807) is 0 Å². The molecule has 1 unspecified atom stereocenters. The summed E-state index contributed by atoms with van der Waals surface area (Å²) >= 11 is 0. The highest BCUT2D eigenvalue weighted by atomic mass is 16.3. The van der Waals surface area contributed by atoms with Crippen molar-refractivity contribution in [1.82, 2.24) is 4.90 Å². The second-order valence-electron chi connectivity index (χ2n) is 6.08. The molecule has 1 amide bonds. The van der Waals surface area contributed by atoms with Crippen LogP contribution in [0.1, 0.15) is 31.7 Å². The van der Waals surface area contributed by atoms with Crippen LogP contribution in [0.3, 0.4) is 0 Å². The van der Waals surface area contributed by atoms with E-state index in [0.717, 1.165) is 31.4 Å². The molecule has 1 saturated heterocycles. The molecule has 1 aromatic carbocycles. The van der Waals surface area contributed by atoms with Gasteiger partial charge in [0, 0.05) is 18.8 Å². The van der Waals surface area contributed by atoms with E-state index >= 15 is 0 Å². The fourth-order valence-corrected chi connectivity index (χ4v) is 3.40. The molecule has 0 aliphatic carbocycles. The number of rotatable bonds is 3. The van der Waals surface area contributed by atoms with Gasteiger partial charge < -0.3 is 10.4 Å². The Morgan fingerprint density at radius 1 is 1.40 bits per heavy atom. The third-order valence-electron chi connectivity index (χ3n) is 4.42. The molecular weight excluding hydrogens is 252 g/mol. The van der Waals surface area contributed by atoms with Gasteiger partial charge in [0.15, 0.2) is 0 Å². The van der Waals surface area contributed by atoms with E-state index in [0.29, 0.717) is 13.1 Å². The minimum Gasteiger partial charge on any atom is -0.387 e. The van der Waals surface area contributed by atoms with Gasteiger partial charge in [-0.1, -0.05) is 31.5 Å². The first-order chi connectivity index (χ1) is 9.61. The predicted molar refractivity (Wildman–Crippen MR) is 78.6 cm³/mol. The molecule has 0 saturated carbocycles. The summed E-state index contributed by atoms with van der Waals surface area (Å²) in [6, 6.07) is 7.87. The summed E-state index contributed by atoms with van der Waals surface area (Å²) in [4.78, 5) is 14.5. The lowest BCUT2D eigenvalue weighted by atomic mass is 9.87. The number of amides is 1. The highest BCUT2D eigenvalue weighted by molar-refractivity contribution is 5.96. The molecule has 108 valence electrons. The first-order valence-electron chi connectivity index (χ1n) is 7.46. The Morgan fingerprint density at radius 2 is 2.15 bits per heavy atom. The van der Waals surface area contributed by atoms with Crippen LogP contribution in [0.2, 0.25) is 0 Å². The number of β-amino-alcohol motifs (C(OH)–C–C–N with tert-alkyl or cyclic N) is 1. The fraction of sp³-hybridized carbons (Fsp3) is 0.562. The second-order valence-corrected chi connectivity index (χ2v) is 6.08. The number of aryl methyl sites for hydroxylation is 1. The highest BCUT2D eigenvalue weighted by Gasteiger charge is 2.45. The van der Waals surface area contributed by atoms with Crippen LogP contribution < -0.4 is 5.32 Å². The van der Waals surface area contributed by atoms with Gasteiger partial charge in [0.25, 0.3) is 0 Å². The molecule has 3 rings (SSSR count). The second kappa shape index (κ2) is 5.19. The Hall–Kier alpha value is -1.39. The Bertz CT molecular complexity index is 509. The lowest BCUT2D eigenvalue weighted by Crippen LogP contribution is -2.66. The van der Waals surface area contributed by atoms with Crippen LogP contribution in [0.4, 0.5) is 5.69 Å². The number of likely N-dealkylation sites (tertiary alicyclic amines) is 1. The van der Waals surface area contributed by atoms with Crippen molar-refractivity contribution in [3.05, 3.63) is 29.8 Å². The third-order valence-corrected chi connectivity index (χ3v) is 4.42. The van der Waals surface area contributed by atoms with E-state index < -0.39 is 5.60 Å². The molecule has 1 aromatic rings. The van der Waals surface area contributed by atoms with Crippen molar-refractivity contribution in [2.45, 2.75) is 44.2 Å². The Labute approximate surface area is 119 Å². The molecule has 1 atom stereocenters. The lowest BCUT2D eigenvalue weighted by Gasteiger charge is -2.49. The molecule has 20 heavy (non-hydrogen) atoms. The molecular formula is C16H22N2O2. The molecule has 0 spiro atoms. The molecule has 4 heteroatoms. The minimum absolute atomic E-state index is 0.0634. The van der Waals surface area contributed by atoms with Crippen molar-refractivity contribution in [2.24, 2.45) is 0 Å². The van der Waals surface area contributed by atoms with E-state index in [9.17, 15) is 9.90 Å². The Balaban J connectivity index is 1.68. The van der Waals surface area contributed by atoms with Gasteiger partial charge in [-0.05, 0) is 30.9 Å². The maximum absolute atomic E-state index is 12.3. The summed E-state index contributed by atoms with van der Waals surface area (Å²) in [6.45, 7) is 3.32. The van der Waals surface area contributed by atoms with E-state index in [1.807, 2.05) is 18.2 Å². The molecule has 2 heterocycles. The number of nitrogens with one attached hydrogen (secondary N) is 1. The van der Waals surface area contributed by atoms with E-state index in [2.05, 4.69) is 23.2 Å². The topological polar surface area (TPSA) is 52.6 Å². The van der Waals surface area contributed by atoms with Gasteiger partial charge >= 0.3 is 0 Å². The normalized spacial score (nSPS) is 25.3. The number of carbonyl (C=O) groups excluding carboxylic acids is 1. The number of nitrogens with zero attached hydrogens (tertiary/aromatic N) is 1. The zero-order chi connectivity index (χ0) is 14.2. The quantitative estimate of drug-likeness (QED) is 0.883. The first-order valence-corrected chi connectivity index (χ1v) is 7.46. The van der Waals surface area contributed by atoms with E-state index in [1.165, 1.54) is 5.56 Å². The number of hydrogen-bond acceptors (Lipinski definition) is 3. The Morgan fingerprint density at radius 3 is 2.90 bits per heavy atom.